The van der Waals surface area contributed by atoms with E-state index in [1.807, 2.05) is 0 Å². The highest BCUT2D eigenvalue weighted by atomic mass is 35.5. The van der Waals surface area contributed by atoms with Crippen LogP contribution in [0.25, 0.3) is 0 Å². The van der Waals surface area contributed by atoms with E-state index in [2.05, 4.69) is 5.32 Å². The Morgan fingerprint density at radius 3 is 2.64 bits per heavy atom. The molecule has 1 aromatic heterocycles. The van der Waals surface area contributed by atoms with Crippen molar-refractivity contribution in [2.45, 2.75) is 26.2 Å². The molecule has 0 unspecified atom stereocenters. The monoisotopic (exact) mass is 377 g/mol. The van der Waals surface area contributed by atoms with Crippen LogP contribution in [0.5, 0.6) is 0 Å². The number of amides is 1. The van der Waals surface area contributed by atoms with Gasteiger partial charge < -0.3 is 10.1 Å². The SMILES string of the molecule is CCOC(=O)c1c(NC(=O)c2ccc(Cl)cc2)sc2c1CCCC2=O. The predicted molar refractivity (Wildman–Crippen MR) is 96.9 cm³/mol. The molecule has 0 atom stereocenters. The Labute approximate surface area is 153 Å². The van der Waals surface area contributed by atoms with Crippen molar-refractivity contribution in [2.75, 3.05) is 11.9 Å². The van der Waals surface area contributed by atoms with Gasteiger partial charge >= 0.3 is 5.97 Å². The van der Waals surface area contributed by atoms with E-state index in [1.165, 1.54) is 0 Å². The molecule has 0 saturated carbocycles. The Hall–Kier alpha value is -2.18. The van der Waals surface area contributed by atoms with Crippen molar-refractivity contribution in [1.82, 2.24) is 0 Å². The van der Waals surface area contributed by atoms with Crippen LogP contribution in [-0.2, 0) is 11.2 Å². The molecule has 25 heavy (non-hydrogen) atoms. The van der Waals surface area contributed by atoms with E-state index >= 15 is 0 Å². The maximum atomic E-state index is 12.5. The Kier molecular flexibility index (Phi) is 5.20. The fourth-order valence-electron chi connectivity index (χ4n) is 2.75. The number of nitrogens with one attached hydrogen (secondary N) is 1. The number of carbonyl (C=O) groups is 3. The van der Waals surface area contributed by atoms with E-state index in [0.29, 0.717) is 50.9 Å². The molecule has 3 rings (SSSR count). The summed E-state index contributed by atoms with van der Waals surface area (Å²) in [4.78, 5) is 37.5. The molecule has 2 aromatic rings. The zero-order chi connectivity index (χ0) is 18.0. The number of halogens is 1. The van der Waals surface area contributed by atoms with Crippen LogP contribution < -0.4 is 5.32 Å². The molecular weight excluding hydrogens is 362 g/mol. The highest BCUT2D eigenvalue weighted by Gasteiger charge is 2.30. The number of hydrogen-bond donors (Lipinski definition) is 1. The molecule has 1 heterocycles. The van der Waals surface area contributed by atoms with Gasteiger partial charge in [0.25, 0.3) is 5.91 Å². The molecule has 5 nitrogen and oxygen atoms in total. The molecule has 1 aromatic carbocycles. The minimum Gasteiger partial charge on any atom is -0.462 e. The average molecular weight is 378 g/mol. The zero-order valence-corrected chi connectivity index (χ0v) is 15.1. The van der Waals surface area contributed by atoms with Gasteiger partial charge in [0.15, 0.2) is 5.78 Å². The molecule has 0 radical (unpaired) electrons. The standard InChI is InChI=1S/C18H16ClNO4S/c1-2-24-18(23)14-12-4-3-5-13(21)15(12)25-17(14)20-16(22)10-6-8-11(19)9-7-10/h6-9H,2-5H2,1H3,(H,20,22). The summed E-state index contributed by atoms with van der Waals surface area (Å²) in [7, 11) is 0. The van der Waals surface area contributed by atoms with Gasteiger partial charge in [-0.3, -0.25) is 9.59 Å². The lowest BCUT2D eigenvalue weighted by Crippen LogP contribution is -2.16. The van der Waals surface area contributed by atoms with Crippen molar-refractivity contribution < 1.29 is 19.1 Å². The van der Waals surface area contributed by atoms with Crippen molar-refractivity contribution >= 4 is 45.6 Å². The minimum absolute atomic E-state index is 0.00351. The van der Waals surface area contributed by atoms with E-state index in [9.17, 15) is 14.4 Å². The third-order valence-corrected chi connectivity index (χ3v) is 5.34. The summed E-state index contributed by atoms with van der Waals surface area (Å²) in [5.41, 5.74) is 1.40. The molecule has 1 aliphatic rings. The van der Waals surface area contributed by atoms with Crippen molar-refractivity contribution in [1.29, 1.82) is 0 Å². The lowest BCUT2D eigenvalue weighted by Gasteiger charge is -2.11. The van der Waals surface area contributed by atoms with E-state index in [0.717, 1.165) is 11.3 Å². The maximum Gasteiger partial charge on any atom is 0.341 e. The Bertz CT molecular complexity index is 842. The minimum atomic E-state index is -0.513. The van der Waals surface area contributed by atoms with Crippen molar-refractivity contribution in [3.8, 4) is 0 Å². The molecule has 7 heteroatoms. The van der Waals surface area contributed by atoms with Crippen LogP contribution in [0.2, 0.25) is 5.02 Å². The highest BCUT2D eigenvalue weighted by molar-refractivity contribution is 7.18. The lowest BCUT2D eigenvalue weighted by atomic mass is 9.94. The number of fused-ring (bicyclic) bond motifs is 1. The second-order valence-corrected chi connectivity index (χ2v) is 7.03. The van der Waals surface area contributed by atoms with Crippen LogP contribution in [-0.4, -0.2) is 24.3 Å². The van der Waals surface area contributed by atoms with E-state index < -0.39 is 5.97 Å². The Morgan fingerprint density at radius 1 is 1.24 bits per heavy atom. The summed E-state index contributed by atoms with van der Waals surface area (Å²) in [6.07, 6.45) is 1.78. The van der Waals surface area contributed by atoms with Crippen molar-refractivity contribution in [3.63, 3.8) is 0 Å². The number of thiophene rings is 1. The van der Waals surface area contributed by atoms with Crippen molar-refractivity contribution in [3.05, 3.63) is 50.9 Å². The Morgan fingerprint density at radius 2 is 1.96 bits per heavy atom. The summed E-state index contributed by atoms with van der Waals surface area (Å²) in [6.45, 7) is 1.94. The Balaban J connectivity index is 1.97. The second-order valence-electron chi connectivity index (χ2n) is 5.57. The number of hydrogen-bond acceptors (Lipinski definition) is 5. The van der Waals surface area contributed by atoms with E-state index in [4.69, 9.17) is 16.3 Å². The van der Waals surface area contributed by atoms with Gasteiger partial charge in [-0.2, -0.15) is 0 Å². The quantitative estimate of drug-likeness (QED) is 0.804. The fourth-order valence-corrected chi connectivity index (χ4v) is 4.08. The molecule has 1 amide bonds. The smallest absolute Gasteiger partial charge is 0.341 e. The number of esters is 1. The fraction of sp³-hybridized carbons (Fsp3) is 0.278. The summed E-state index contributed by atoms with van der Waals surface area (Å²) < 4.78 is 5.12. The highest BCUT2D eigenvalue weighted by Crippen LogP contribution is 2.38. The number of rotatable bonds is 4. The van der Waals surface area contributed by atoms with Gasteiger partial charge in [0.1, 0.15) is 5.00 Å². The molecule has 130 valence electrons. The lowest BCUT2D eigenvalue weighted by molar-refractivity contribution is 0.0527. The second kappa shape index (κ2) is 7.37. The van der Waals surface area contributed by atoms with Gasteiger partial charge in [0, 0.05) is 17.0 Å². The third kappa shape index (κ3) is 3.60. The number of Topliss-reactive ketones (excluding diaryl/α,β-unsaturated/α-hetero) is 1. The van der Waals surface area contributed by atoms with Crippen LogP contribution in [0.3, 0.4) is 0 Å². The molecule has 1 aliphatic carbocycles. The molecule has 0 saturated heterocycles. The normalized spacial score (nSPS) is 13.3. The molecule has 0 spiro atoms. The zero-order valence-electron chi connectivity index (χ0n) is 13.6. The topological polar surface area (TPSA) is 72.5 Å². The number of ether oxygens (including phenoxy) is 1. The first-order valence-corrected chi connectivity index (χ1v) is 9.13. The molecule has 0 bridgehead atoms. The number of ketones is 1. The average Bonchev–Trinajstić information content (AvgIpc) is 2.95. The van der Waals surface area contributed by atoms with Gasteiger partial charge in [-0.05, 0) is 49.6 Å². The number of carbonyl (C=O) groups excluding carboxylic acids is 3. The maximum absolute atomic E-state index is 12.5. The first-order chi connectivity index (χ1) is 12.0. The first-order valence-electron chi connectivity index (χ1n) is 7.94. The summed E-state index contributed by atoms with van der Waals surface area (Å²) in [5.74, 6) is -0.877. The molecule has 1 N–H and O–H groups in total. The number of benzene rings is 1. The van der Waals surface area contributed by atoms with Gasteiger partial charge in [0.05, 0.1) is 17.0 Å². The van der Waals surface area contributed by atoms with Gasteiger partial charge in [-0.15, -0.1) is 11.3 Å². The predicted octanol–water partition coefficient (Wildman–Crippen LogP) is 4.35. The number of anilines is 1. The van der Waals surface area contributed by atoms with Gasteiger partial charge in [-0.1, -0.05) is 11.6 Å². The first kappa shape index (κ1) is 17.6. The van der Waals surface area contributed by atoms with E-state index in [1.54, 1.807) is 31.2 Å². The summed E-state index contributed by atoms with van der Waals surface area (Å²) >= 11 is 6.98. The summed E-state index contributed by atoms with van der Waals surface area (Å²) in [5, 5.41) is 3.64. The van der Waals surface area contributed by atoms with Crippen LogP contribution in [0, 0.1) is 0 Å². The molecular formula is C18H16ClNO4S. The molecule has 0 fully saturated rings. The van der Waals surface area contributed by atoms with Crippen LogP contribution in [0.1, 0.15) is 55.7 Å². The largest absolute Gasteiger partial charge is 0.462 e. The van der Waals surface area contributed by atoms with Crippen LogP contribution in [0.4, 0.5) is 5.00 Å². The van der Waals surface area contributed by atoms with Gasteiger partial charge in [0.2, 0.25) is 0 Å². The third-order valence-electron chi connectivity index (χ3n) is 3.90. The van der Waals surface area contributed by atoms with Gasteiger partial charge in [-0.25, -0.2) is 4.79 Å². The van der Waals surface area contributed by atoms with Crippen LogP contribution in [0.15, 0.2) is 24.3 Å². The summed E-state index contributed by atoms with van der Waals surface area (Å²) in [6, 6.07) is 6.43. The molecule has 0 aliphatic heterocycles. The van der Waals surface area contributed by atoms with Crippen LogP contribution >= 0.6 is 22.9 Å². The van der Waals surface area contributed by atoms with E-state index in [-0.39, 0.29) is 18.3 Å². The van der Waals surface area contributed by atoms with Crippen molar-refractivity contribution in [2.24, 2.45) is 0 Å².